The van der Waals surface area contributed by atoms with Gasteiger partial charge in [0.15, 0.2) is 5.82 Å². The van der Waals surface area contributed by atoms with Gasteiger partial charge in [0, 0.05) is 0 Å². The van der Waals surface area contributed by atoms with Crippen molar-refractivity contribution in [2.75, 3.05) is 20.6 Å². The highest BCUT2D eigenvalue weighted by molar-refractivity contribution is 5.03. The van der Waals surface area contributed by atoms with E-state index in [-0.39, 0.29) is 5.54 Å². The molecule has 2 heterocycles. The van der Waals surface area contributed by atoms with Crippen LogP contribution in [0.1, 0.15) is 37.9 Å². The molecule has 16 heavy (non-hydrogen) atoms. The largest absolute Gasteiger partial charge is 0.337 e. The Labute approximate surface area is 96.2 Å². The van der Waals surface area contributed by atoms with Crippen LogP contribution in [0, 0.1) is 0 Å². The van der Waals surface area contributed by atoms with E-state index >= 15 is 0 Å². The molecule has 2 rings (SSSR count). The van der Waals surface area contributed by atoms with Crippen molar-refractivity contribution in [2.45, 2.75) is 38.3 Å². The van der Waals surface area contributed by atoms with Crippen LogP contribution in [-0.4, -0.2) is 35.7 Å². The molecule has 0 radical (unpaired) electrons. The summed E-state index contributed by atoms with van der Waals surface area (Å²) >= 11 is 0. The maximum absolute atomic E-state index is 5.36. The Morgan fingerprint density at radius 3 is 2.88 bits per heavy atom. The van der Waals surface area contributed by atoms with Crippen LogP contribution in [0.25, 0.3) is 0 Å². The van der Waals surface area contributed by atoms with E-state index in [0.29, 0.717) is 0 Å². The van der Waals surface area contributed by atoms with Crippen molar-refractivity contribution < 1.29 is 4.52 Å². The highest BCUT2D eigenvalue weighted by atomic mass is 16.5. The number of rotatable bonds is 3. The molecule has 1 fully saturated rings. The molecule has 1 aliphatic heterocycles. The number of aromatic nitrogens is 2. The lowest BCUT2D eigenvalue weighted by atomic mass is 9.91. The summed E-state index contributed by atoms with van der Waals surface area (Å²) in [5, 5.41) is 7.48. The zero-order valence-electron chi connectivity index (χ0n) is 10.3. The summed E-state index contributed by atoms with van der Waals surface area (Å²) in [5.41, 5.74) is -0.129. The van der Waals surface area contributed by atoms with E-state index in [4.69, 9.17) is 4.52 Å². The third-order valence-electron chi connectivity index (χ3n) is 3.02. The van der Waals surface area contributed by atoms with Crippen molar-refractivity contribution in [2.24, 2.45) is 0 Å². The van der Waals surface area contributed by atoms with Gasteiger partial charge in [-0.15, -0.1) is 0 Å². The average Bonchev–Trinajstić information content (AvgIpc) is 2.67. The fourth-order valence-corrected chi connectivity index (χ4v) is 2.06. The molecule has 5 nitrogen and oxygen atoms in total. The molecule has 1 aromatic heterocycles. The molecule has 0 amide bonds. The summed E-state index contributed by atoms with van der Waals surface area (Å²) in [7, 11) is 3.99. The first-order valence-corrected chi connectivity index (χ1v) is 5.83. The van der Waals surface area contributed by atoms with Crippen LogP contribution in [-0.2, 0) is 12.1 Å². The first-order valence-electron chi connectivity index (χ1n) is 5.83. The van der Waals surface area contributed by atoms with Crippen molar-refractivity contribution in [3.63, 3.8) is 0 Å². The number of piperidine rings is 1. The Bertz CT molecular complexity index is 342. The van der Waals surface area contributed by atoms with Gasteiger partial charge in [0.2, 0.25) is 5.89 Å². The first kappa shape index (κ1) is 11.5. The van der Waals surface area contributed by atoms with E-state index < -0.39 is 0 Å². The van der Waals surface area contributed by atoms with Gasteiger partial charge < -0.3 is 14.7 Å². The summed E-state index contributed by atoms with van der Waals surface area (Å²) < 4.78 is 5.36. The third-order valence-corrected chi connectivity index (χ3v) is 3.02. The molecule has 0 aromatic carbocycles. The van der Waals surface area contributed by atoms with Gasteiger partial charge in [0.05, 0.1) is 12.1 Å². The maximum atomic E-state index is 5.36. The summed E-state index contributed by atoms with van der Waals surface area (Å²) in [4.78, 5) is 6.50. The van der Waals surface area contributed by atoms with E-state index in [0.717, 1.165) is 31.2 Å². The normalized spacial score (nSPS) is 26.2. The molecular weight excluding hydrogens is 204 g/mol. The molecule has 1 unspecified atom stereocenters. The maximum Gasteiger partial charge on any atom is 0.246 e. The van der Waals surface area contributed by atoms with Gasteiger partial charge in [-0.1, -0.05) is 5.16 Å². The van der Waals surface area contributed by atoms with Crippen LogP contribution in [0.5, 0.6) is 0 Å². The van der Waals surface area contributed by atoms with Crippen LogP contribution in [0.15, 0.2) is 4.52 Å². The molecule has 1 atom stereocenters. The Kier molecular flexibility index (Phi) is 3.25. The minimum Gasteiger partial charge on any atom is -0.337 e. The highest BCUT2D eigenvalue weighted by Crippen LogP contribution is 2.28. The second-order valence-corrected chi connectivity index (χ2v) is 4.97. The fraction of sp³-hybridized carbons (Fsp3) is 0.818. The number of nitrogens with one attached hydrogen (secondary N) is 1. The van der Waals surface area contributed by atoms with Gasteiger partial charge in [0.1, 0.15) is 0 Å². The highest BCUT2D eigenvalue weighted by Gasteiger charge is 2.34. The molecule has 5 heteroatoms. The molecular formula is C11H20N4O. The van der Waals surface area contributed by atoms with Gasteiger partial charge in [-0.05, 0) is 46.8 Å². The van der Waals surface area contributed by atoms with Crippen LogP contribution >= 0.6 is 0 Å². The van der Waals surface area contributed by atoms with Crippen molar-refractivity contribution in [1.82, 2.24) is 20.4 Å². The van der Waals surface area contributed by atoms with E-state index in [2.05, 4.69) is 22.4 Å². The van der Waals surface area contributed by atoms with Gasteiger partial charge in [-0.3, -0.25) is 0 Å². The second kappa shape index (κ2) is 4.51. The van der Waals surface area contributed by atoms with Gasteiger partial charge >= 0.3 is 0 Å². The molecule has 1 aromatic rings. The van der Waals surface area contributed by atoms with Crippen molar-refractivity contribution in [3.8, 4) is 0 Å². The van der Waals surface area contributed by atoms with Crippen LogP contribution in [0.4, 0.5) is 0 Å². The average molecular weight is 224 g/mol. The third kappa shape index (κ3) is 2.41. The second-order valence-electron chi connectivity index (χ2n) is 4.97. The number of nitrogens with zero attached hydrogens (tertiary/aromatic N) is 3. The molecule has 90 valence electrons. The van der Waals surface area contributed by atoms with Gasteiger partial charge in [0.25, 0.3) is 0 Å². The molecule has 0 spiro atoms. The smallest absolute Gasteiger partial charge is 0.246 e. The van der Waals surface area contributed by atoms with Crippen molar-refractivity contribution >= 4 is 0 Å². The predicted molar refractivity (Wildman–Crippen MR) is 60.9 cm³/mol. The topological polar surface area (TPSA) is 54.2 Å². The van der Waals surface area contributed by atoms with Crippen LogP contribution in [0.3, 0.4) is 0 Å². The molecule has 0 bridgehead atoms. The SMILES string of the molecule is CN(C)Cc1noc(C2(C)CCCCN2)n1. The minimum atomic E-state index is -0.129. The minimum absolute atomic E-state index is 0.129. The molecule has 0 saturated carbocycles. The van der Waals surface area contributed by atoms with E-state index in [1.165, 1.54) is 12.8 Å². The molecule has 1 aliphatic rings. The lowest BCUT2D eigenvalue weighted by Crippen LogP contribution is -2.43. The van der Waals surface area contributed by atoms with Gasteiger partial charge in [-0.25, -0.2) is 0 Å². The quantitative estimate of drug-likeness (QED) is 0.834. The molecule has 1 saturated heterocycles. The Hall–Kier alpha value is -0.940. The predicted octanol–water partition coefficient (Wildman–Crippen LogP) is 1.12. The van der Waals surface area contributed by atoms with Crippen LogP contribution in [0.2, 0.25) is 0 Å². The van der Waals surface area contributed by atoms with Gasteiger partial charge in [-0.2, -0.15) is 4.98 Å². The number of hydrogen-bond acceptors (Lipinski definition) is 5. The Balaban J connectivity index is 2.10. The Morgan fingerprint density at radius 1 is 1.44 bits per heavy atom. The van der Waals surface area contributed by atoms with Crippen molar-refractivity contribution in [1.29, 1.82) is 0 Å². The molecule has 1 N–H and O–H groups in total. The van der Waals surface area contributed by atoms with Crippen molar-refractivity contribution in [3.05, 3.63) is 11.7 Å². The van der Waals surface area contributed by atoms with E-state index in [1.807, 2.05) is 19.0 Å². The standard InChI is InChI=1S/C11H20N4O/c1-11(6-4-5-7-12-11)10-13-9(14-16-10)8-15(2)3/h12H,4-8H2,1-3H3. The lowest BCUT2D eigenvalue weighted by Gasteiger charge is -2.31. The lowest BCUT2D eigenvalue weighted by molar-refractivity contribution is 0.206. The summed E-state index contributed by atoms with van der Waals surface area (Å²) in [6.45, 7) is 3.89. The summed E-state index contributed by atoms with van der Waals surface area (Å²) in [6.07, 6.45) is 3.51. The number of hydrogen-bond donors (Lipinski definition) is 1. The summed E-state index contributed by atoms with van der Waals surface area (Å²) in [6, 6.07) is 0. The summed E-state index contributed by atoms with van der Waals surface area (Å²) in [5.74, 6) is 1.48. The first-order chi connectivity index (χ1) is 7.60. The van der Waals surface area contributed by atoms with Crippen LogP contribution < -0.4 is 5.32 Å². The monoisotopic (exact) mass is 224 g/mol. The van der Waals surface area contributed by atoms with E-state index in [1.54, 1.807) is 0 Å². The van der Waals surface area contributed by atoms with E-state index in [9.17, 15) is 0 Å². The Morgan fingerprint density at radius 2 is 2.25 bits per heavy atom. The zero-order chi connectivity index (χ0) is 11.6. The molecule has 0 aliphatic carbocycles. The fourth-order valence-electron chi connectivity index (χ4n) is 2.06. The zero-order valence-corrected chi connectivity index (χ0v) is 10.3.